The summed E-state index contributed by atoms with van der Waals surface area (Å²) in [5.74, 6) is 0.940. The van der Waals surface area contributed by atoms with Crippen LogP contribution in [0.1, 0.15) is 5.69 Å². The van der Waals surface area contributed by atoms with Gasteiger partial charge in [-0.15, -0.1) is 11.3 Å². The standard InChI is InChI=1S/C9H8N2OS/c1-3-10-6-2-4-12-8(6)9-7(1)11-5-13-9/h2,4-5,10H,1,3H2. The highest BCUT2D eigenvalue weighted by Gasteiger charge is 2.18. The highest BCUT2D eigenvalue weighted by molar-refractivity contribution is 7.13. The van der Waals surface area contributed by atoms with E-state index in [1.54, 1.807) is 17.6 Å². The second-order valence-electron chi connectivity index (χ2n) is 2.97. The molecule has 3 nitrogen and oxygen atoms in total. The van der Waals surface area contributed by atoms with E-state index in [4.69, 9.17) is 4.42 Å². The maximum absolute atomic E-state index is 5.43. The normalized spacial score (nSPS) is 14.2. The van der Waals surface area contributed by atoms with Crippen LogP contribution in [0.15, 0.2) is 22.3 Å². The molecule has 0 radical (unpaired) electrons. The van der Waals surface area contributed by atoms with Gasteiger partial charge in [0.15, 0.2) is 5.76 Å². The summed E-state index contributed by atoms with van der Waals surface area (Å²) in [4.78, 5) is 5.49. The minimum atomic E-state index is 0.934. The molecule has 0 aliphatic carbocycles. The van der Waals surface area contributed by atoms with Crippen LogP contribution in [0.25, 0.3) is 10.6 Å². The van der Waals surface area contributed by atoms with Crippen molar-refractivity contribution in [3.05, 3.63) is 23.5 Å². The van der Waals surface area contributed by atoms with E-state index in [1.807, 2.05) is 11.6 Å². The Morgan fingerprint density at radius 3 is 3.54 bits per heavy atom. The number of anilines is 1. The third-order valence-electron chi connectivity index (χ3n) is 2.19. The zero-order chi connectivity index (χ0) is 8.67. The Labute approximate surface area is 79.4 Å². The minimum Gasteiger partial charge on any atom is -0.461 e. The van der Waals surface area contributed by atoms with Crippen molar-refractivity contribution in [2.24, 2.45) is 0 Å². The van der Waals surface area contributed by atoms with Gasteiger partial charge < -0.3 is 9.73 Å². The number of thiazole rings is 1. The first-order chi connectivity index (χ1) is 6.45. The van der Waals surface area contributed by atoms with Crippen LogP contribution in [-0.4, -0.2) is 11.5 Å². The summed E-state index contributed by atoms with van der Waals surface area (Å²) in [6.07, 6.45) is 2.69. The molecule has 0 unspecified atom stereocenters. The van der Waals surface area contributed by atoms with Gasteiger partial charge in [-0.2, -0.15) is 0 Å². The molecule has 0 bridgehead atoms. The molecule has 2 aromatic heterocycles. The zero-order valence-electron chi connectivity index (χ0n) is 6.91. The Morgan fingerprint density at radius 2 is 2.54 bits per heavy atom. The fourth-order valence-electron chi connectivity index (χ4n) is 1.57. The maximum Gasteiger partial charge on any atom is 0.168 e. The van der Waals surface area contributed by atoms with E-state index in [-0.39, 0.29) is 0 Å². The highest BCUT2D eigenvalue weighted by atomic mass is 32.1. The van der Waals surface area contributed by atoms with Gasteiger partial charge in [-0.05, 0) is 0 Å². The summed E-state index contributed by atoms with van der Waals surface area (Å²) in [6.45, 7) is 0.934. The molecule has 0 saturated carbocycles. The number of aromatic nitrogens is 1. The molecule has 3 heterocycles. The fourth-order valence-corrected chi connectivity index (χ4v) is 2.41. The molecule has 0 saturated heterocycles. The summed E-state index contributed by atoms with van der Waals surface area (Å²) in [7, 11) is 0. The van der Waals surface area contributed by atoms with E-state index >= 15 is 0 Å². The van der Waals surface area contributed by atoms with Crippen molar-refractivity contribution >= 4 is 17.0 Å². The van der Waals surface area contributed by atoms with E-state index < -0.39 is 0 Å². The maximum atomic E-state index is 5.43. The van der Waals surface area contributed by atoms with Crippen LogP contribution in [0, 0.1) is 0 Å². The largest absolute Gasteiger partial charge is 0.461 e. The lowest BCUT2D eigenvalue weighted by molar-refractivity contribution is 0.584. The van der Waals surface area contributed by atoms with Crippen molar-refractivity contribution in [2.75, 3.05) is 11.9 Å². The second-order valence-corrected chi connectivity index (χ2v) is 3.82. The van der Waals surface area contributed by atoms with Gasteiger partial charge in [-0.1, -0.05) is 0 Å². The van der Waals surface area contributed by atoms with Crippen molar-refractivity contribution < 1.29 is 4.42 Å². The zero-order valence-corrected chi connectivity index (χ0v) is 7.73. The summed E-state index contributed by atoms with van der Waals surface area (Å²) in [5.41, 5.74) is 4.11. The highest BCUT2D eigenvalue weighted by Crippen LogP contribution is 2.36. The van der Waals surface area contributed by atoms with E-state index in [0.717, 1.165) is 30.1 Å². The Morgan fingerprint density at radius 1 is 1.54 bits per heavy atom. The van der Waals surface area contributed by atoms with Crippen molar-refractivity contribution in [1.29, 1.82) is 0 Å². The van der Waals surface area contributed by atoms with Gasteiger partial charge in [0.25, 0.3) is 0 Å². The van der Waals surface area contributed by atoms with Crippen molar-refractivity contribution in [3.63, 3.8) is 0 Å². The Kier molecular flexibility index (Phi) is 1.43. The van der Waals surface area contributed by atoms with Crippen LogP contribution < -0.4 is 5.32 Å². The number of hydrogen-bond acceptors (Lipinski definition) is 4. The smallest absolute Gasteiger partial charge is 0.168 e. The molecule has 66 valence electrons. The first-order valence-electron chi connectivity index (χ1n) is 4.19. The predicted molar refractivity (Wildman–Crippen MR) is 52.0 cm³/mol. The molecule has 0 fully saturated rings. The first kappa shape index (κ1) is 7.15. The molecular weight excluding hydrogens is 184 g/mol. The summed E-state index contributed by atoms with van der Waals surface area (Å²) in [6, 6.07) is 1.96. The number of hydrogen-bond donors (Lipinski definition) is 1. The van der Waals surface area contributed by atoms with E-state index in [2.05, 4.69) is 10.3 Å². The van der Waals surface area contributed by atoms with Crippen LogP contribution >= 0.6 is 11.3 Å². The topological polar surface area (TPSA) is 38.1 Å². The fraction of sp³-hybridized carbons (Fsp3) is 0.222. The predicted octanol–water partition coefficient (Wildman–Crippen LogP) is 2.37. The first-order valence-corrected chi connectivity index (χ1v) is 5.07. The van der Waals surface area contributed by atoms with E-state index in [1.165, 1.54) is 4.88 Å². The third kappa shape index (κ3) is 0.986. The molecule has 0 aromatic carbocycles. The molecule has 2 aromatic rings. The van der Waals surface area contributed by atoms with Crippen LogP contribution in [-0.2, 0) is 6.42 Å². The molecule has 1 aliphatic rings. The van der Waals surface area contributed by atoms with Crippen LogP contribution in [0.5, 0.6) is 0 Å². The average Bonchev–Trinajstić information content (AvgIpc) is 2.72. The van der Waals surface area contributed by atoms with E-state index in [9.17, 15) is 0 Å². The monoisotopic (exact) mass is 192 g/mol. The molecule has 4 heteroatoms. The van der Waals surface area contributed by atoms with Gasteiger partial charge in [-0.3, -0.25) is 0 Å². The van der Waals surface area contributed by atoms with Gasteiger partial charge >= 0.3 is 0 Å². The van der Waals surface area contributed by atoms with Crippen LogP contribution in [0.4, 0.5) is 5.69 Å². The number of rotatable bonds is 0. The Balaban J connectivity index is 2.27. The molecule has 0 spiro atoms. The van der Waals surface area contributed by atoms with Gasteiger partial charge in [0.1, 0.15) is 0 Å². The molecule has 0 amide bonds. The van der Waals surface area contributed by atoms with Gasteiger partial charge in [0.05, 0.1) is 28.0 Å². The van der Waals surface area contributed by atoms with Crippen LogP contribution in [0.3, 0.4) is 0 Å². The minimum absolute atomic E-state index is 0.934. The number of furan rings is 1. The van der Waals surface area contributed by atoms with Crippen molar-refractivity contribution in [1.82, 2.24) is 4.98 Å². The number of nitrogens with one attached hydrogen (secondary N) is 1. The molecule has 0 atom stereocenters. The van der Waals surface area contributed by atoms with Gasteiger partial charge in [-0.25, -0.2) is 4.98 Å². The Bertz CT molecular complexity index is 392. The molecule has 1 N–H and O–H groups in total. The van der Waals surface area contributed by atoms with E-state index in [0.29, 0.717) is 0 Å². The van der Waals surface area contributed by atoms with Crippen molar-refractivity contribution in [2.45, 2.75) is 6.42 Å². The second kappa shape index (κ2) is 2.60. The summed E-state index contributed by atoms with van der Waals surface area (Å²) in [5, 5.41) is 3.31. The molecule has 13 heavy (non-hydrogen) atoms. The SMILES string of the molecule is c1cc2c(o1)-c1scnc1CCN2. The van der Waals surface area contributed by atoms with Crippen LogP contribution in [0.2, 0.25) is 0 Å². The lowest BCUT2D eigenvalue weighted by Crippen LogP contribution is -2.01. The lowest BCUT2D eigenvalue weighted by Gasteiger charge is -1.97. The summed E-state index contributed by atoms with van der Waals surface area (Å²) >= 11 is 1.64. The number of fused-ring (bicyclic) bond motifs is 3. The quantitative estimate of drug-likeness (QED) is 0.696. The Hall–Kier alpha value is -1.29. The number of nitrogens with zero attached hydrogens (tertiary/aromatic N) is 1. The molecular formula is C9H8N2OS. The third-order valence-corrected chi connectivity index (χ3v) is 3.06. The van der Waals surface area contributed by atoms with Gasteiger partial charge in [0.2, 0.25) is 0 Å². The average molecular weight is 192 g/mol. The van der Waals surface area contributed by atoms with Gasteiger partial charge in [0, 0.05) is 19.0 Å². The van der Waals surface area contributed by atoms with Crippen molar-refractivity contribution in [3.8, 4) is 10.6 Å². The molecule has 3 rings (SSSR count). The lowest BCUT2D eigenvalue weighted by atomic mass is 10.2. The molecule has 1 aliphatic heterocycles. The summed E-state index contributed by atoms with van der Waals surface area (Å²) < 4.78 is 5.43.